The van der Waals surface area contributed by atoms with Crippen molar-refractivity contribution in [1.82, 2.24) is 29.5 Å². The first-order valence-corrected chi connectivity index (χ1v) is 7.91. The summed E-state index contributed by atoms with van der Waals surface area (Å²) in [6.07, 6.45) is 6.77. The van der Waals surface area contributed by atoms with Gasteiger partial charge in [-0.15, -0.1) is 0 Å². The van der Waals surface area contributed by atoms with Crippen molar-refractivity contribution in [3.63, 3.8) is 0 Å². The third kappa shape index (κ3) is 3.12. The molecule has 124 valence electrons. The number of hydrogen-bond donors (Lipinski definition) is 1. The van der Waals surface area contributed by atoms with E-state index in [1.54, 1.807) is 24.7 Å². The van der Waals surface area contributed by atoms with Gasteiger partial charge in [-0.05, 0) is 17.7 Å². The van der Waals surface area contributed by atoms with Gasteiger partial charge in [0.1, 0.15) is 12.0 Å². The van der Waals surface area contributed by atoms with Gasteiger partial charge in [0.15, 0.2) is 5.65 Å². The zero-order valence-electron chi connectivity index (χ0n) is 13.4. The van der Waals surface area contributed by atoms with E-state index in [-0.39, 0.29) is 11.9 Å². The molecule has 0 radical (unpaired) electrons. The fraction of sp³-hybridized carbons (Fsp3) is 0.111. The molecular formula is C18H16N6O. The number of carbonyl (C=O) groups is 1. The zero-order chi connectivity index (χ0) is 17.1. The molecule has 4 rings (SSSR count). The Morgan fingerprint density at radius 2 is 2.00 bits per heavy atom. The fourth-order valence-corrected chi connectivity index (χ4v) is 2.77. The van der Waals surface area contributed by atoms with Gasteiger partial charge in [0.05, 0.1) is 12.4 Å². The van der Waals surface area contributed by atoms with E-state index in [1.807, 2.05) is 47.2 Å². The molecule has 0 spiro atoms. The van der Waals surface area contributed by atoms with Crippen molar-refractivity contribution in [1.29, 1.82) is 0 Å². The molecule has 0 saturated carbocycles. The van der Waals surface area contributed by atoms with Crippen LogP contribution in [0.4, 0.5) is 0 Å². The van der Waals surface area contributed by atoms with Crippen molar-refractivity contribution in [2.75, 3.05) is 0 Å². The molecule has 7 heteroatoms. The van der Waals surface area contributed by atoms with E-state index in [0.29, 0.717) is 17.9 Å². The highest BCUT2D eigenvalue weighted by atomic mass is 16.2. The van der Waals surface area contributed by atoms with E-state index in [4.69, 9.17) is 0 Å². The molecule has 0 aliphatic rings. The highest BCUT2D eigenvalue weighted by molar-refractivity contribution is 5.93. The fourth-order valence-electron chi connectivity index (χ4n) is 2.77. The maximum absolute atomic E-state index is 12.8. The molecule has 7 nitrogen and oxygen atoms in total. The van der Waals surface area contributed by atoms with Gasteiger partial charge in [0.2, 0.25) is 0 Å². The van der Waals surface area contributed by atoms with E-state index in [0.717, 1.165) is 5.56 Å². The summed E-state index contributed by atoms with van der Waals surface area (Å²) in [5.41, 5.74) is 2.11. The van der Waals surface area contributed by atoms with E-state index in [9.17, 15) is 4.79 Å². The minimum absolute atomic E-state index is 0.193. The molecular weight excluding hydrogens is 316 g/mol. The van der Waals surface area contributed by atoms with Gasteiger partial charge in [-0.3, -0.25) is 4.79 Å². The van der Waals surface area contributed by atoms with Crippen LogP contribution in [0, 0.1) is 0 Å². The lowest BCUT2D eigenvalue weighted by atomic mass is 10.1. The number of fused-ring (bicyclic) bond motifs is 1. The van der Waals surface area contributed by atoms with Crippen LogP contribution >= 0.6 is 0 Å². The van der Waals surface area contributed by atoms with E-state index >= 15 is 0 Å². The smallest absolute Gasteiger partial charge is 0.270 e. The molecule has 25 heavy (non-hydrogen) atoms. The number of imidazole rings is 1. The van der Waals surface area contributed by atoms with Crippen LogP contribution < -0.4 is 5.32 Å². The Bertz CT molecular complexity index is 977. The van der Waals surface area contributed by atoms with Crippen molar-refractivity contribution in [3.05, 3.63) is 84.8 Å². The van der Waals surface area contributed by atoms with Gasteiger partial charge < -0.3 is 9.88 Å². The zero-order valence-corrected chi connectivity index (χ0v) is 13.4. The van der Waals surface area contributed by atoms with Crippen molar-refractivity contribution in [3.8, 4) is 0 Å². The van der Waals surface area contributed by atoms with Crippen LogP contribution in [0.3, 0.4) is 0 Å². The second-order valence-corrected chi connectivity index (χ2v) is 5.64. The third-order valence-corrected chi connectivity index (χ3v) is 3.99. The predicted octanol–water partition coefficient (Wildman–Crippen LogP) is 2.10. The van der Waals surface area contributed by atoms with Gasteiger partial charge >= 0.3 is 0 Å². The Morgan fingerprint density at radius 3 is 2.80 bits per heavy atom. The normalized spacial score (nSPS) is 12.2. The number of rotatable bonds is 5. The number of amides is 1. The lowest BCUT2D eigenvalue weighted by Crippen LogP contribution is -2.32. The molecule has 0 bridgehead atoms. The van der Waals surface area contributed by atoms with Crippen molar-refractivity contribution in [2.45, 2.75) is 12.6 Å². The van der Waals surface area contributed by atoms with Crippen molar-refractivity contribution >= 4 is 11.6 Å². The van der Waals surface area contributed by atoms with Gasteiger partial charge in [0.25, 0.3) is 5.91 Å². The largest absolute Gasteiger partial charge is 0.342 e. The number of aromatic nitrogens is 5. The lowest BCUT2D eigenvalue weighted by molar-refractivity contribution is 0.0925. The minimum Gasteiger partial charge on any atom is -0.342 e. The molecule has 1 aromatic carbocycles. The quantitative estimate of drug-likeness (QED) is 0.607. The molecule has 1 atom stereocenters. The number of pyridine rings is 1. The molecule has 0 fully saturated rings. The molecule has 0 aliphatic heterocycles. The molecule has 3 heterocycles. The summed E-state index contributed by atoms with van der Waals surface area (Å²) < 4.78 is 3.47. The van der Waals surface area contributed by atoms with Crippen LogP contribution in [0.25, 0.3) is 5.65 Å². The van der Waals surface area contributed by atoms with Crippen LogP contribution in [0.15, 0.2) is 73.6 Å². The predicted molar refractivity (Wildman–Crippen MR) is 91.9 cm³/mol. The average molecular weight is 332 g/mol. The lowest BCUT2D eigenvalue weighted by Gasteiger charge is -2.20. The summed E-state index contributed by atoms with van der Waals surface area (Å²) in [6, 6.07) is 15.0. The topological polar surface area (TPSA) is 77.1 Å². The number of nitrogens with zero attached hydrogens (tertiary/aromatic N) is 5. The SMILES string of the molecule is O=C(NC(Cn1ccnc1)c1ccccc1)c1cccc2ncnn12. The van der Waals surface area contributed by atoms with Crippen LogP contribution in [-0.2, 0) is 6.54 Å². The summed E-state index contributed by atoms with van der Waals surface area (Å²) in [7, 11) is 0. The standard InChI is InChI=1S/C18H16N6O/c25-18(16-7-4-8-17-20-12-21-24(16)17)22-15(11-23-10-9-19-13-23)14-5-2-1-3-6-14/h1-10,12-13,15H,11H2,(H,22,25). The van der Waals surface area contributed by atoms with Gasteiger partial charge in [-0.1, -0.05) is 36.4 Å². The molecule has 1 amide bonds. The second-order valence-electron chi connectivity index (χ2n) is 5.64. The summed E-state index contributed by atoms with van der Waals surface area (Å²) in [6.45, 7) is 0.586. The second kappa shape index (κ2) is 6.56. The van der Waals surface area contributed by atoms with Gasteiger partial charge in [0, 0.05) is 18.9 Å². The summed E-state index contributed by atoms with van der Waals surface area (Å²) >= 11 is 0. The van der Waals surface area contributed by atoms with Gasteiger partial charge in [-0.25, -0.2) is 14.5 Å². The summed E-state index contributed by atoms with van der Waals surface area (Å²) in [5.74, 6) is -0.204. The number of nitrogens with one attached hydrogen (secondary N) is 1. The first kappa shape index (κ1) is 15.1. The van der Waals surface area contributed by atoms with E-state index in [1.165, 1.54) is 10.8 Å². The maximum atomic E-state index is 12.8. The van der Waals surface area contributed by atoms with Crippen LogP contribution in [-0.4, -0.2) is 30.1 Å². The van der Waals surface area contributed by atoms with Crippen LogP contribution in [0.1, 0.15) is 22.1 Å². The average Bonchev–Trinajstić information content (AvgIpc) is 3.33. The Labute approximate surface area is 144 Å². The Kier molecular flexibility index (Phi) is 3.96. The Hall–Kier alpha value is -3.48. The first-order chi connectivity index (χ1) is 12.3. The number of hydrogen-bond acceptors (Lipinski definition) is 4. The highest BCUT2D eigenvalue weighted by Gasteiger charge is 2.18. The molecule has 4 aromatic rings. The van der Waals surface area contributed by atoms with Gasteiger partial charge in [-0.2, -0.15) is 5.10 Å². The summed E-state index contributed by atoms with van der Waals surface area (Å²) in [5, 5.41) is 7.22. The van der Waals surface area contributed by atoms with E-state index < -0.39 is 0 Å². The third-order valence-electron chi connectivity index (χ3n) is 3.99. The Morgan fingerprint density at radius 1 is 1.12 bits per heavy atom. The minimum atomic E-state index is -0.204. The molecule has 1 unspecified atom stereocenters. The number of benzene rings is 1. The first-order valence-electron chi connectivity index (χ1n) is 7.91. The van der Waals surface area contributed by atoms with Crippen LogP contribution in [0.5, 0.6) is 0 Å². The molecule has 0 aliphatic carbocycles. The van der Waals surface area contributed by atoms with Crippen molar-refractivity contribution < 1.29 is 4.79 Å². The maximum Gasteiger partial charge on any atom is 0.270 e. The molecule has 0 saturated heterocycles. The Balaban J connectivity index is 1.64. The van der Waals surface area contributed by atoms with Crippen molar-refractivity contribution in [2.24, 2.45) is 0 Å². The van der Waals surface area contributed by atoms with E-state index in [2.05, 4.69) is 20.4 Å². The highest BCUT2D eigenvalue weighted by Crippen LogP contribution is 2.16. The molecule has 1 N–H and O–H groups in total. The molecule has 3 aromatic heterocycles. The number of carbonyl (C=O) groups excluding carboxylic acids is 1. The monoisotopic (exact) mass is 332 g/mol. The van der Waals surface area contributed by atoms with Crippen LogP contribution in [0.2, 0.25) is 0 Å². The summed E-state index contributed by atoms with van der Waals surface area (Å²) in [4.78, 5) is 21.0.